The Hall–Kier alpha value is -3.34. The van der Waals surface area contributed by atoms with Gasteiger partial charge in [0.15, 0.2) is 0 Å². The SMILES string of the molecule is Cn1cc(-c2cn3nccc3c(OC3(C)CC(CC#CC(N)=O)C3)n2)cn1. The minimum atomic E-state index is -0.590. The molecule has 4 rings (SSSR count). The minimum absolute atomic E-state index is 0.315. The number of ether oxygens (including phenoxy) is 1. The fourth-order valence-electron chi connectivity index (χ4n) is 3.57. The highest BCUT2D eigenvalue weighted by molar-refractivity contribution is 5.91. The molecular weight excluding hydrogens is 344 g/mol. The van der Waals surface area contributed by atoms with E-state index < -0.39 is 5.91 Å². The van der Waals surface area contributed by atoms with E-state index in [-0.39, 0.29) is 5.60 Å². The molecule has 1 amide bonds. The van der Waals surface area contributed by atoms with Crippen LogP contribution in [0.3, 0.4) is 0 Å². The first-order valence-electron chi connectivity index (χ1n) is 8.73. The van der Waals surface area contributed by atoms with Gasteiger partial charge < -0.3 is 10.5 Å². The summed E-state index contributed by atoms with van der Waals surface area (Å²) in [6.45, 7) is 2.07. The van der Waals surface area contributed by atoms with Crippen molar-refractivity contribution in [3.63, 3.8) is 0 Å². The summed E-state index contributed by atoms with van der Waals surface area (Å²) in [5.41, 5.74) is 7.20. The van der Waals surface area contributed by atoms with Crippen molar-refractivity contribution in [2.45, 2.75) is 31.8 Å². The van der Waals surface area contributed by atoms with E-state index in [1.165, 1.54) is 0 Å². The number of primary amides is 1. The number of hydrogen-bond donors (Lipinski definition) is 1. The average Bonchev–Trinajstić information content (AvgIpc) is 3.21. The largest absolute Gasteiger partial charge is 0.470 e. The zero-order chi connectivity index (χ0) is 19.0. The number of fused-ring (bicyclic) bond motifs is 1. The van der Waals surface area contributed by atoms with E-state index >= 15 is 0 Å². The van der Waals surface area contributed by atoms with E-state index in [4.69, 9.17) is 15.5 Å². The molecule has 1 aliphatic rings. The van der Waals surface area contributed by atoms with Crippen LogP contribution in [-0.2, 0) is 11.8 Å². The molecule has 27 heavy (non-hydrogen) atoms. The Morgan fingerprint density at radius 3 is 2.93 bits per heavy atom. The van der Waals surface area contributed by atoms with Gasteiger partial charge in [-0.05, 0) is 37.7 Å². The van der Waals surface area contributed by atoms with Crippen LogP contribution in [0.4, 0.5) is 0 Å². The zero-order valence-corrected chi connectivity index (χ0v) is 15.2. The molecule has 3 aromatic heterocycles. The van der Waals surface area contributed by atoms with E-state index in [0.29, 0.717) is 18.2 Å². The summed E-state index contributed by atoms with van der Waals surface area (Å²) in [4.78, 5) is 15.4. The van der Waals surface area contributed by atoms with Crippen molar-refractivity contribution < 1.29 is 9.53 Å². The predicted molar refractivity (Wildman–Crippen MR) is 98.5 cm³/mol. The molecule has 138 valence electrons. The summed E-state index contributed by atoms with van der Waals surface area (Å²) in [5, 5.41) is 8.53. The molecule has 8 heteroatoms. The van der Waals surface area contributed by atoms with Gasteiger partial charge in [-0.25, -0.2) is 9.50 Å². The van der Waals surface area contributed by atoms with Crippen molar-refractivity contribution in [2.24, 2.45) is 18.7 Å². The molecule has 8 nitrogen and oxygen atoms in total. The Balaban J connectivity index is 1.55. The van der Waals surface area contributed by atoms with Gasteiger partial charge >= 0.3 is 0 Å². The molecule has 2 N–H and O–H groups in total. The van der Waals surface area contributed by atoms with Crippen LogP contribution in [0.15, 0.2) is 30.9 Å². The standard InChI is InChI=1S/C19H20N6O2/c1-19(8-13(9-19)4-3-5-17(20)26)27-18-16-6-7-21-25(16)12-15(23-18)14-10-22-24(2)11-14/h6-7,10-13H,4,8-9H2,1-2H3,(H2,20,26). The Kier molecular flexibility index (Phi) is 4.07. The van der Waals surface area contributed by atoms with E-state index in [1.807, 2.05) is 25.5 Å². The molecular formula is C19H20N6O2. The monoisotopic (exact) mass is 364 g/mol. The Morgan fingerprint density at radius 1 is 1.41 bits per heavy atom. The highest BCUT2D eigenvalue weighted by Crippen LogP contribution is 2.43. The summed E-state index contributed by atoms with van der Waals surface area (Å²) in [5.74, 6) is 5.57. The van der Waals surface area contributed by atoms with Crippen LogP contribution >= 0.6 is 0 Å². The lowest BCUT2D eigenvalue weighted by atomic mass is 9.70. The van der Waals surface area contributed by atoms with Crippen LogP contribution in [0.25, 0.3) is 16.8 Å². The first-order chi connectivity index (χ1) is 12.9. The maximum absolute atomic E-state index is 10.7. The second-order valence-corrected chi connectivity index (χ2v) is 7.19. The summed E-state index contributed by atoms with van der Waals surface area (Å²) in [6.07, 6.45) is 9.60. The molecule has 0 unspecified atom stereocenters. The maximum atomic E-state index is 10.7. The van der Waals surface area contributed by atoms with Gasteiger partial charge in [0.05, 0.1) is 24.3 Å². The molecule has 0 atom stereocenters. The van der Waals surface area contributed by atoms with Gasteiger partial charge in [-0.3, -0.25) is 9.48 Å². The van der Waals surface area contributed by atoms with Gasteiger partial charge in [0.1, 0.15) is 11.1 Å². The Labute approximate surface area is 156 Å². The number of amides is 1. The lowest BCUT2D eigenvalue weighted by Crippen LogP contribution is -2.46. The summed E-state index contributed by atoms with van der Waals surface area (Å²) >= 11 is 0. The highest BCUT2D eigenvalue weighted by Gasteiger charge is 2.42. The smallest absolute Gasteiger partial charge is 0.293 e. The van der Waals surface area contributed by atoms with Crippen molar-refractivity contribution in [1.82, 2.24) is 24.4 Å². The molecule has 0 radical (unpaired) electrons. The van der Waals surface area contributed by atoms with Crippen LogP contribution in [0.2, 0.25) is 0 Å². The van der Waals surface area contributed by atoms with Gasteiger partial charge in [-0.1, -0.05) is 5.92 Å². The summed E-state index contributed by atoms with van der Waals surface area (Å²) in [6, 6.07) is 1.88. The Morgan fingerprint density at radius 2 is 2.22 bits per heavy atom. The van der Waals surface area contributed by atoms with Crippen LogP contribution < -0.4 is 10.5 Å². The lowest BCUT2D eigenvalue weighted by molar-refractivity contribution is -0.112. The number of nitrogens with zero attached hydrogens (tertiary/aromatic N) is 5. The molecule has 0 spiro atoms. The first-order valence-corrected chi connectivity index (χ1v) is 8.73. The van der Waals surface area contributed by atoms with Gasteiger partial charge in [0.25, 0.3) is 5.91 Å². The molecule has 3 heterocycles. The second kappa shape index (κ2) is 6.43. The normalized spacial score (nSPS) is 21.3. The van der Waals surface area contributed by atoms with Crippen molar-refractivity contribution in [3.8, 4) is 29.0 Å². The second-order valence-electron chi connectivity index (χ2n) is 7.19. The van der Waals surface area contributed by atoms with Gasteiger partial charge in [0, 0.05) is 25.2 Å². The lowest BCUT2D eigenvalue weighted by Gasteiger charge is -2.44. The van der Waals surface area contributed by atoms with Crippen LogP contribution in [0.1, 0.15) is 26.2 Å². The fourth-order valence-corrected chi connectivity index (χ4v) is 3.57. The number of carbonyl (C=O) groups is 1. The molecule has 1 aliphatic carbocycles. The third-order valence-electron chi connectivity index (χ3n) is 4.74. The third-order valence-corrected chi connectivity index (χ3v) is 4.74. The number of nitrogens with two attached hydrogens (primary N) is 1. The van der Waals surface area contributed by atoms with E-state index in [9.17, 15) is 4.79 Å². The first kappa shape index (κ1) is 17.1. The fraction of sp³-hybridized carbons (Fsp3) is 0.368. The number of hydrogen-bond acceptors (Lipinski definition) is 5. The minimum Gasteiger partial charge on any atom is -0.470 e. The molecule has 1 saturated carbocycles. The number of aryl methyl sites for hydroxylation is 1. The van der Waals surface area contributed by atoms with Crippen molar-refractivity contribution in [2.75, 3.05) is 0 Å². The molecule has 0 saturated heterocycles. The van der Waals surface area contributed by atoms with Crippen LogP contribution in [0.5, 0.6) is 5.88 Å². The van der Waals surface area contributed by atoms with Crippen molar-refractivity contribution in [1.29, 1.82) is 0 Å². The quantitative estimate of drug-likeness (QED) is 0.708. The maximum Gasteiger partial charge on any atom is 0.293 e. The summed E-state index contributed by atoms with van der Waals surface area (Å²) in [7, 11) is 1.87. The number of aromatic nitrogens is 5. The average molecular weight is 364 g/mol. The van der Waals surface area contributed by atoms with Gasteiger partial charge in [-0.2, -0.15) is 10.2 Å². The van der Waals surface area contributed by atoms with Crippen LogP contribution in [-0.4, -0.2) is 35.9 Å². The van der Waals surface area contributed by atoms with Crippen molar-refractivity contribution in [3.05, 3.63) is 30.9 Å². The van der Waals surface area contributed by atoms with Crippen LogP contribution in [0, 0.1) is 17.8 Å². The van der Waals surface area contributed by atoms with E-state index in [1.54, 1.807) is 21.6 Å². The zero-order valence-electron chi connectivity index (χ0n) is 15.2. The topological polar surface area (TPSA) is 100 Å². The molecule has 1 fully saturated rings. The van der Waals surface area contributed by atoms with Gasteiger partial charge in [-0.15, -0.1) is 0 Å². The van der Waals surface area contributed by atoms with E-state index in [0.717, 1.165) is 29.6 Å². The van der Waals surface area contributed by atoms with Gasteiger partial charge in [0.2, 0.25) is 5.88 Å². The Bertz CT molecular complexity index is 1060. The molecule has 0 bridgehead atoms. The van der Waals surface area contributed by atoms with E-state index in [2.05, 4.69) is 29.0 Å². The van der Waals surface area contributed by atoms with Crippen molar-refractivity contribution >= 4 is 11.4 Å². The number of rotatable bonds is 4. The molecule has 0 aliphatic heterocycles. The molecule has 3 aromatic rings. The number of carbonyl (C=O) groups excluding carboxylic acids is 1. The highest BCUT2D eigenvalue weighted by atomic mass is 16.5. The molecule has 0 aromatic carbocycles. The summed E-state index contributed by atoms with van der Waals surface area (Å²) < 4.78 is 9.80. The predicted octanol–water partition coefficient (Wildman–Crippen LogP) is 1.56. The third kappa shape index (κ3) is 3.49.